The van der Waals surface area contributed by atoms with Crippen molar-refractivity contribution < 1.29 is 19.5 Å². The summed E-state index contributed by atoms with van der Waals surface area (Å²) in [6, 6.07) is -0.897. The largest absolute Gasteiger partial charge is 0.480 e. The molecule has 2 rings (SSSR count). The molecule has 0 aromatic carbocycles. The molecule has 1 aromatic heterocycles. The Labute approximate surface area is 138 Å². The van der Waals surface area contributed by atoms with E-state index in [0.717, 1.165) is 6.42 Å². The number of nitrogens with zero attached hydrogens (tertiary/aromatic N) is 2. The highest BCUT2D eigenvalue weighted by Gasteiger charge is 2.27. The van der Waals surface area contributed by atoms with Gasteiger partial charge in [0.05, 0.1) is 12.1 Å². The number of amides is 2. The van der Waals surface area contributed by atoms with Gasteiger partial charge in [-0.15, -0.1) is 11.3 Å². The van der Waals surface area contributed by atoms with Crippen LogP contribution in [0.2, 0.25) is 0 Å². The van der Waals surface area contributed by atoms with E-state index in [1.165, 1.54) is 11.3 Å². The molecule has 0 radical (unpaired) electrons. The highest BCUT2D eigenvalue weighted by atomic mass is 32.1. The number of carboxylic acids is 1. The molecule has 1 saturated heterocycles. The second-order valence-electron chi connectivity index (χ2n) is 5.72. The van der Waals surface area contributed by atoms with E-state index in [4.69, 9.17) is 0 Å². The molecule has 1 aliphatic heterocycles. The molecule has 1 aliphatic rings. The second kappa shape index (κ2) is 7.54. The topological polar surface area (TPSA) is 99.6 Å². The lowest BCUT2D eigenvalue weighted by molar-refractivity contribution is -0.143. The van der Waals surface area contributed by atoms with Crippen LogP contribution in [0.5, 0.6) is 0 Å². The highest BCUT2D eigenvalue weighted by molar-refractivity contribution is 7.14. The Balaban J connectivity index is 1.96. The van der Waals surface area contributed by atoms with E-state index in [-0.39, 0.29) is 24.2 Å². The monoisotopic (exact) mass is 339 g/mol. The lowest BCUT2D eigenvalue weighted by atomic mass is 9.99. The average Bonchev–Trinajstić information content (AvgIpc) is 3.12. The Morgan fingerprint density at radius 3 is 2.83 bits per heavy atom. The molecule has 126 valence electrons. The van der Waals surface area contributed by atoms with Crippen LogP contribution in [0.1, 0.15) is 38.8 Å². The Hall–Kier alpha value is -1.96. The van der Waals surface area contributed by atoms with Crippen molar-refractivity contribution in [3.63, 3.8) is 0 Å². The first-order chi connectivity index (χ1) is 10.9. The predicted molar refractivity (Wildman–Crippen MR) is 86.4 cm³/mol. The van der Waals surface area contributed by atoms with Gasteiger partial charge in [-0.05, 0) is 12.3 Å². The number of nitrogens with one attached hydrogen (secondary N) is 1. The Morgan fingerprint density at radius 1 is 1.52 bits per heavy atom. The molecule has 0 saturated carbocycles. The Morgan fingerprint density at radius 2 is 2.26 bits per heavy atom. The molecule has 0 aliphatic carbocycles. The Kier molecular flexibility index (Phi) is 5.70. The second-order valence-corrected chi connectivity index (χ2v) is 6.55. The summed E-state index contributed by atoms with van der Waals surface area (Å²) in [5.74, 6) is -1.50. The number of anilines is 1. The number of rotatable bonds is 7. The van der Waals surface area contributed by atoms with Gasteiger partial charge in [-0.2, -0.15) is 0 Å². The van der Waals surface area contributed by atoms with E-state index in [9.17, 15) is 19.5 Å². The van der Waals surface area contributed by atoms with Gasteiger partial charge in [0.25, 0.3) is 0 Å². The minimum Gasteiger partial charge on any atom is -0.480 e. The third-order valence-corrected chi connectivity index (χ3v) is 4.89. The van der Waals surface area contributed by atoms with Crippen LogP contribution in [0.25, 0.3) is 0 Å². The molecule has 7 nitrogen and oxygen atoms in total. The van der Waals surface area contributed by atoms with Crippen LogP contribution in [0.4, 0.5) is 5.13 Å². The number of carboxylic acid groups (broad SMARTS) is 1. The molecule has 0 spiro atoms. The zero-order chi connectivity index (χ0) is 17.0. The van der Waals surface area contributed by atoms with Crippen molar-refractivity contribution in [1.29, 1.82) is 0 Å². The number of hydrogen-bond donors (Lipinski definition) is 2. The molecule has 0 unspecified atom stereocenters. The number of carbonyl (C=O) groups excluding carboxylic acids is 2. The maximum atomic E-state index is 12.1. The molecular weight excluding hydrogens is 318 g/mol. The van der Waals surface area contributed by atoms with Crippen LogP contribution in [0, 0.1) is 5.92 Å². The Bertz CT molecular complexity index is 601. The smallest absolute Gasteiger partial charge is 0.326 e. The molecule has 0 bridgehead atoms. The molecule has 8 heteroatoms. The summed E-state index contributed by atoms with van der Waals surface area (Å²) < 4.78 is 0. The van der Waals surface area contributed by atoms with Gasteiger partial charge in [-0.1, -0.05) is 20.3 Å². The number of aliphatic carboxylic acids is 1. The molecule has 2 N–H and O–H groups in total. The fraction of sp³-hybridized carbons (Fsp3) is 0.600. The first-order valence-electron chi connectivity index (χ1n) is 7.69. The first-order valence-corrected chi connectivity index (χ1v) is 8.57. The molecule has 1 fully saturated rings. The van der Waals surface area contributed by atoms with Crippen LogP contribution in [-0.2, 0) is 20.8 Å². The van der Waals surface area contributed by atoms with Crippen LogP contribution < -0.4 is 10.2 Å². The van der Waals surface area contributed by atoms with Crippen LogP contribution >= 0.6 is 11.3 Å². The molecular formula is C15H21N3O4S. The minimum atomic E-state index is -1.03. The number of carbonyl (C=O) groups is 3. The quantitative estimate of drug-likeness (QED) is 0.783. The standard InChI is InChI=1S/C15H21N3O4S/c1-3-9(2)13(14(21)22)17-11(19)7-10-8-23-15(16-10)18-6-4-5-12(18)20/h8-9,13H,3-7H2,1-2H3,(H,17,19)(H,21,22)/t9-,13-/m0/s1. The van der Waals surface area contributed by atoms with Crippen molar-refractivity contribution in [2.45, 2.75) is 45.6 Å². The number of hydrogen-bond acceptors (Lipinski definition) is 5. The van der Waals surface area contributed by atoms with Crippen molar-refractivity contribution in [1.82, 2.24) is 10.3 Å². The van der Waals surface area contributed by atoms with E-state index < -0.39 is 12.0 Å². The normalized spacial score (nSPS) is 17.1. The summed E-state index contributed by atoms with van der Waals surface area (Å²) in [6.07, 6.45) is 2.03. The minimum absolute atomic E-state index is 0.0126. The summed E-state index contributed by atoms with van der Waals surface area (Å²) >= 11 is 1.33. The van der Waals surface area contributed by atoms with E-state index in [2.05, 4.69) is 10.3 Å². The van der Waals surface area contributed by atoms with Gasteiger partial charge >= 0.3 is 5.97 Å². The fourth-order valence-corrected chi connectivity index (χ4v) is 3.29. The van der Waals surface area contributed by atoms with Crippen LogP contribution in [0.3, 0.4) is 0 Å². The van der Waals surface area contributed by atoms with Crippen LogP contribution in [-0.4, -0.2) is 40.5 Å². The van der Waals surface area contributed by atoms with E-state index in [1.807, 2.05) is 6.92 Å². The predicted octanol–water partition coefficient (Wildman–Crippen LogP) is 1.43. The summed E-state index contributed by atoms with van der Waals surface area (Å²) in [6.45, 7) is 4.33. The summed E-state index contributed by atoms with van der Waals surface area (Å²) in [5.41, 5.74) is 0.551. The number of thiazole rings is 1. The zero-order valence-electron chi connectivity index (χ0n) is 13.2. The lowest BCUT2D eigenvalue weighted by Crippen LogP contribution is -2.45. The SMILES string of the molecule is CC[C@H](C)[C@H](NC(=O)Cc1csc(N2CCCC2=O)n1)C(=O)O. The zero-order valence-corrected chi connectivity index (χ0v) is 14.1. The van der Waals surface area contributed by atoms with Gasteiger partial charge in [-0.25, -0.2) is 9.78 Å². The van der Waals surface area contributed by atoms with Crippen molar-refractivity contribution in [3.05, 3.63) is 11.1 Å². The van der Waals surface area contributed by atoms with Gasteiger partial charge in [0.15, 0.2) is 5.13 Å². The lowest BCUT2D eigenvalue weighted by Gasteiger charge is -2.19. The average molecular weight is 339 g/mol. The summed E-state index contributed by atoms with van der Waals surface area (Å²) in [7, 11) is 0. The number of aromatic nitrogens is 1. The maximum Gasteiger partial charge on any atom is 0.326 e. The van der Waals surface area contributed by atoms with E-state index in [1.54, 1.807) is 17.2 Å². The molecule has 1 aromatic rings. The first kappa shape index (κ1) is 17.4. The van der Waals surface area contributed by atoms with Crippen molar-refractivity contribution in [3.8, 4) is 0 Å². The third-order valence-electron chi connectivity index (χ3n) is 3.98. The molecule has 2 atom stereocenters. The van der Waals surface area contributed by atoms with E-state index in [0.29, 0.717) is 30.2 Å². The van der Waals surface area contributed by atoms with Gasteiger partial charge in [0.1, 0.15) is 6.04 Å². The van der Waals surface area contributed by atoms with Crippen molar-refractivity contribution in [2.75, 3.05) is 11.4 Å². The van der Waals surface area contributed by atoms with Crippen molar-refractivity contribution in [2.24, 2.45) is 5.92 Å². The molecule has 2 amide bonds. The third kappa shape index (κ3) is 4.28. The summed E-state index contributed by atoms with van der Waals surface area (Å²) in [5, 5.41) is 14.1. The van der Waals surface area contributed by atoms with Crippen LogP contribution in [0.15, 0.2) is 5.38 Å². The maximum absolute atomic E-state index is 12.1. The van der Waals surface area contributed by atoms with E-state index >= 15 is 0 Å². The molecule has 23 heavy (non-hydrogen) atoms. The molecule has 2 heterocycles. The van der Waals surface area contributed by atoms with Gasteiger partial charge in [-0.3, -0.25) is 14.5 Å². The van der Waals surface area contributed by atoms with Gasteiger partial charge < -0.3 is 10.4 Å². The fourth-order valence-electron chi connectivity index (χ4n) is 2.42. The summed E-state index contributed by atoms with van der Waals surface area (Å²) in [4.78, 5) is 40.9. The highest BCUT2D eigenvalue weighted by Crippen LogP contribution is 2.25. The van der Waals surface area contributed by atoms with Crippen molar-refractivity contribution >= 4 is 34.3 Å². The van der Waals surface area contributed by atoms with Gasteiger partial charge in [0, 0.05) is 18.3 Å². The van der Waals surface area contributed by atoms with Gasteiger partial charge in [0.2, 0.25) is 11.8 Å².